The summed E-state index contributed by atoms with van der Waals surface area (Å²) in [5.74, 6) is 1.36. The van der Waals surface area contributed by atoms with Crippen LogP contribution in [0.15, 0.2) is 41.3 Å². The Morgan fingerprint density at radius 3 is 2.62 bits per heavy atom. The van der Waals surface area contributed by atoms with Gasteiger partial charge < -0.3 is 9.72 Å². The third-order valence-corrected chi connectivity index (χ3v) is 4.03. The van der Waals surface area contributed by atoms with E-state index in [1.807, 2.05) is 30.5 Å². The van der Waals surface area contributed by atoms with Gasteiger partial charge in [-0.05, 0) is 41.3 Å². The molecule has 0 amide bonds. The number of nitrogens with one attached hydrogen (secondary N) is 2. The van der Waals surface area contributed by atoms with Crippen molar-refractivity contribution in [1.82, 2.24) is 19.7 Å². The molecule has 3 aromatic rings. The topological polar surface area (TPSA) is 75.7 Å². The summed E-state index contributed by atoms with van der Waals surface area (Å²) in [5.41, 5.74) is 2.98. The van der Waals surface area contributed by atoms with Crippen LogP contribution in [-0.4, -0.2) is 19.7 Å². The summed E-state index contributed by atoms with van der Waals surface area (Å²) in [7, 11) is 1.67. The average Bonchev–Trinajstić information content (AvgIpc) is 3.17. The van der Waals surface area contributed by atoms with E-state index in [2.05, 4.69) is 42.0 Å². The summed E-state index contributed by atoms with van der Waals surface area (Å²) < 4.78 is 7.41. The molecule has 0 fully saturated rings. The van der Waals surface area contributed by atoms with Gasteiger partial charge in [-0.15, -0.1) is 0 Å². The number of hydrogen-bond donors (Lipinski definition) is 2. The minimum Gasteiger partial charge on any atom is -0.485 e. The standard InChI is InChI=1S/C18H22N4O2/c1-18(2,3)13-10-12(14-6-5-9-19-14)7-8-15(13)24-11-16-20-21-17(23)22(16)4/h5-10,19H,11H2,1-4H3,(H,21,23). The summed E-state index contributed by atoms with van der Waals surface area (Å²) in [4.78, 5) is 14.7. The lowest BCUT2D eigenvalue weighted by atomic mass is 9.85. The maximum Gasteiger partial charge on any atom is 0.343 e. The van der Waals surface area contributed by atoms with Gasteiger partial charge in [0.2, 0.25) is 0 Å². The highest BCUT2D eigenvalue weighted by Crippen LogP contribution is 2.35. The molecule has 0 atom stereocenters. The van der Waals surface area contributed by atoms with E-state index in [0.717, 1.165) is 22.6 Å². The van der Waals surface area contributed by atoms with E-state index < -0.39 is 0 Å². The van der Waals surface area contributed by atoms with Gasteiger partial charge in [0, 0.05) is 24.5 Å². The Hall–Kier alpha value is -2.76. The SMILES string of the molecule is Cn1c(COc2ccc(-c3ccc[nH]3)cc2C(C)(C)C)n[nH]c1=O. The van der Waals surface area contributed by atoms with Gasteiger partial charge in [0.15, 0.2) is 5.82 Å². The van der Waals surface area contributed by atoms with Gasteiger partial charge in [0.1, 0.15) is 12.4 Å². The summed E-state index contributed by atoms with van der Waals surface area (Å²) in [6.45, 7) is 6.69. The lowest BCUT2D eigenvalue weighted by Crippen LogP contribution is -2.17. The zero-order chi connectivity index (χ0) is 17.3. The van der Waals surface area contributed by atoms with Crippen molar-refractivity contribution in [3.05, 3.63) is 58.4 Å². The Bertz CT molecular complexity index is 883. The van der Waals surface area contributed by atoms with E-state index in [9.17, 15) is 4.79 Å². The summed E-state index contributed by atoms with van der Waals surface area (Å²) in [6, 6.07) is 10.2. The van der Waals surface area contributed by atoms with E-state index in [1.165, 1.54) is 4.57 Å². The van der Waals surface area contributed by atoms with E-state index in [4.69, 9.17) is 4.74 Å². The Kier molecular flexibility index (Phi) is 4.05. The van der Waals surface area contributed by atoms with Crippen LogP contribution in [0.25, 0.3) is 11.3 Å². The van der Waals surface area contributed by atoms with Crippen LogP contribution in [0.2, 0.25) is 0 Å². The first-order valence-corrected chi connectivity index (χ1v) is 7.87. The number of ether oxygens (including phenoxy) is 1. The van der Waals surface area contributed by atoms with Crippen LogP contribution in [-0.2, 0) is 19.1 Å². The molecule has 2 N–H and O–H groups in total. The third-order valence-electron chi connectivity index (χ3n) is 4.03. The average molecular weight is 326 g/mol. The molecule has 2 heterocycles. The third kappa shape index (κ3) is 3.13. The highest BCUT2D eigenvalue weighted by atomic mass is 16.5. The Morgan fingerprint density at radius 1 is 1.25 bits per heavy atom. The molecule has 0 saturated heterocycles. The van der Waals surface area contributed by atoms with Gasteiger partial charge in [-0.3, -0.25) is 4.57 Å². The number of nitrogens with zero attached hydrogens (tertiary/aromatic N) is 2. The molecule has 0 unspecified atom stereocenters. The molecule has 0 saturated carbocycles. The normalized spacial score (nSPS) is 11.7. The first-order chi connectivity index (χ1) is 11.4. The summed E-state index contributed by atoms with van der Waals surface area (Å²) in [5, 5.41) is 6.39. The van der Waals surface area contributed by atoms with Gasteiger partial charge in [-0.25, -0.2) is 9.89 Å². The van der Waals surface area contributed by atoms with Crippen molar-refractivity contribution in [2.75, 3.05) is 0 Å². The molecule has 6 heteroatoms. The molecule has 0 bridgehead atoms. The van der Waals surface area contributed by atoms with Crippen LogP contribution >= 0.6 is 0 Å². The molecule has 24 heavy (non-hydrogen) atoms. The van der Waals surface area contributed by atoms with Gasteiger partial charge >= 0.3 is 5.69 Å². The van der Waals surface area contributed by atoms with Crippen LogP contribution in [0.3, 0.4) is 0 Å². The number of hydrogen-bond acceptors (Lipinski definition) is 3. The fourth-order valence-electron chi connectivity index (χ4n) is 2.57. The van der Waals surface area contributed by atoms with Crippen molar-refractivity contribution in [2.45, 2.75) is 32.8 Å². The molecule has 0 aliphatic carbocycles. The van der Waals surface area contributed by atoms with Crippen molar-refractivity contribution in [2.24, 2.45) is 7.05 Å². The summed E-state index contributed by atoms with van der Waals surface area (Å²) >= 11 is 0. The smallest absolute Gasteiger partial charge is 0.343 e. The first-order valence-electron chi connectivity index (χ1n) is 7.87. The fraction of sp³-hybridized carbons (Fsp3) is 0.333. The highest BCUT2D eigenvalue weighted by Gasteiger charge is 2.20. The minimum atomic E-state index is -0.244. The maximum absolute atomic E-state index is 11.4. The molecule has 0 radical (unpaired) electrons. The molecular formula is C18H22N4O2. The molecule has 6 nitrogen and oxygen atoms in total. The summed E-state index contributed by atoms with van der Waals surface area (Å²) in [6.07, 6.45) is 1.91. The van der Waals surface area contributed by atoms with Gasteiger partial charge in [-0.1, -0.05) is 20.8 Å². The highest BCUT2D eigenvalue weighted by molar-refractivity contribution is 5.63. The van der Waals surface area contributed by atoms with Crippen LogP contribution in [0, 0.1) is 0 Å². The van der Waals surface area contributed by atoms with E-state index >= 15 is 0 Å². The number of benzene rings is 1. The van der Waals surface area contributed by atoms with E-state index in [1.54, 1.807) is 7.05 Å². The predicted molar refractivity (Wildman–Crippen MR) is 93.1 cm³/mol. The van der Waals surface area contributed by atoms with Crippen LogP contribution < -0.4 is 10.4 Å². The molecule has 0 aliphatic rings. The molecule has 0 aliphatic heterocycles. The second-order valence-corrected chi connectivity index (χ2v) is 6.84. The molecule has 3 rings (SSSR count). The van der Waals surface area contributed by atoms with Crippen molar-refractivity contribution in [3.63, 3.8) is 0 Å². The van der Waals surface area contributed by atoms with Crippen LogP contribution in [0.5, 0.6) is 5.75 Å². The van der Waals surface area contributed by atoms with Gasteiger partial charge in [-0.2, -0.15) is 5.10 Å². The zero-order valence-corrected chi connectivity index (χ0v) is 14.4. The number of rotatable bonds is 4. The Morgan fingerprint density at radius 2 is 2.04 bits per heavy atom. The Labute approximate surface area is 140 Å². The van der Waals surface area contributed by atoms with Crippen LogP contribution in [0.4, 0.5) is 0 Å². The fourth-order valence-corrected chi connectivity index (χ4v) is 2.57. The lowest BCUT2D eigenvalue weighted by molar-refractivity contribution is 0.283. The van der Waals surface area contributed by atoms with Gasteiger partial charge in [0.25, 0.3) is 0 Å². The number of H-pyrrole nitrogens is 2. The van der Waals surface area contributed by atoms with Gasteiger partial charge in [0.05, 0.1) is 0 Å². The molecule has 2 aromatic heterocycles. The second-order valence-electron chi connectivity index (χ2n) is 6.84. The van der Waals surface area contributed by atoms with Crippen molar-refractivity contribution in [3.8, 4) is 17.0 Å². The van der Waals surface area contributed by atoms with Crippen LogP contribution in [0.1, 0.15) is 32.2 Å². The molecule has 1 aromatic carbocycles. The van der Waals surface area contributed by atoms with Crippen molar-refractivity contribution >= 4 is 0 Å². The molecule has 0 spiro atoms. The number of aromatic amines is 2. The monoisotopic (exact) mass is 326 g/mol. The van der Waals surface area contributed by atoms with E-state index in [0.29, 0.717) is 5.82 Å². The Balaban J connectivity index is 1.92. The minimum absolute atomic E-state index is 0.0740. The van der Waals surface area contributed by atoms with Crippen molar-refractivity contribution in [1.29, 1.82) is 0 Å². The predicted octanol–water partition coefficient (Wildman–Crippen LogP) is 2.98. The lowest BCUT2D eigenvalue weighted by Gasteiger charge is -2.23. The quantitative estimate of drug-likeness (QED) is 0.774. The number of aromatic nitrogens is 4. The molecule has 126 valence electrons. The maximum atomic E-state index is 11.4. The van der Waals surface area contributed by atoms with E-state index in [-0.39, 0.29) is 17.7 Å². The first kappa shape index (κ1) is 16.1. The largest absolute Gasteiger partial charge is 0.485 e. The second kappa shape index (κ2) is 6.03. The molecular weight excluding hydrogens is 304 g/mol. The zero-order valence-electron chi connectivity index (χ0n) is 14.4. The van der Waals surface area contributed by atoms with Crippen molar-refractivity contribution < 1.29 is 4.74 Å².